The lowest BCUT2D eigenvalue weighted by molar-refractivity contribution is 0.778. The third-order valence-electron chi connectivity index (χ3n) is 2.07. The molecule has 0 atom stereocenters. The van der Waals surface area contributed by atoms with Gasteiger partial charge in [-0.3, -0.25) is 0 Å². The Bertz CT molecular complexity index is 357. The van der Waals surface area contributed by atoms with Gasteiger partial charge in [0, 0.05) is 9.92 Å². The zero-order valence-corrected chi connectivity index (χ0v) is 10.4. The number of hydrogen-bond acceptors (Lipinski definition) is 2. The van der Waals surface area contributed by atoms with Crippen LogP contribution in [0.3, 0.4) is 0 Å². The second-order valence-corrected chi connectivity index (χ2v) is 4.88. The zero-order chi connectivity index (χ0) is 11.1. The van der Waals surface area contributed by atoms with Crippen molar-refractivity contribution in [2.45, 2.75) is 31.1 Å². The van der Waals surface area contributed by atoms with Crippen LogP contribution in [-0.2, 0) is 0 Å². The molecule has 1 aromatic carbocycles. The SMILES string of the molecule is CCCCCSc1cc(Cl)ccc1C#N. The molecule has 0 unspecified atom stereocenters. The van der Waals surface area contributed by atoms with Gasteiger partial charge in [0.05, 0.1) is 5.56 Å². The first kappa shape index (κ1) is 12.4. The highest BCUT2D eigenvalue weighted by Crippen LogP contribution is 2.26. The minimum atomic E-state index is 0.701. The van der Waals surface area contributed by atoms with Crippen molar-refractivity contribution < 1.29 is 0 Å². The second kappa shape index (κ2) is 6.76. The molecule has 0 aliphatic carbocycles. The minimum Gasteiger partial charge on any atom is -0.192 e. The van der Waals surface area contributed by atoms with Gasteiger partial charge in [0.1, 0.15) is 6.07 Å². The molecule has 0 saturated carbocycles. The Labute approximate surface area is 100 Å². The van der Waals surface area contributed by atoms with E-state index in [-0.39, 0.29) is 0 Å². The third-order valence-corrected chi connectivity index (χ3v) is 3.45. The molecule has 1 nitrogen and oxygen atoms in total. The lowest BCUT2D eigenvalue weighted by Crippen LogP contribution is -1.84. The summed E-state index contributed by atoms with van der Waals surface area (Å²) < 4.78 is 0. The van der Waals surface area contributed by atoms with E-state index in [1.165, 1.54) is 19.3 Å². The largest absolute Gasteiger partial charge is 0.192 e. The molecule has 0 aliphatic rings. The molecule has 0 saturated heterocycles. The van der Waals surface area contributed by atoms with E-state index in [4.69, 9.17) is 16.9 Å². The molecular formula is C12H14ClNS. The maximum atomic E-state index is 8.91. The van der Waals surface area contributed by atoms with Crippen molar-refractivity contribution in [3.63, 3.8) is 0 Å². The van der Waals surface area contributed by atoms with E-state index in [9.17, 15) is 0 Å². The van der Waals surface area contributed by atoms with Crippen LogP contribution in [0.5, 0.6) is 0 Å². The van der Waals surface area contributed by atoms with Gasteiger partial charge in [-0.05, 0) is 30.4 Å². The number of nitriles is 1. The predicted molar refractivity (Wildman–Crippen MR) is 66.4 cm³/mol. The van der Waals surface area contributed by atoms with Crippen molar-refractivity contribution in [1.29, 1.82) is 5.26 Å². The molecule has 0 N–H and O–H groups in total. The minimum absolute atomic E-state index is 0.701. The summed E-state index contributed by atoms with van der Waals surface area (Å²) in [6.07, 6.45) is 3.66. The summed E-state index contributed by atoms with van der Waals surface area (Å²) in [7, 11) is 0. The maximum absolute atomic E-state index is 8.91. The highest BCUT2D eigenvalue weighted by Gasteiger charge is 2.03. The molecule has 0 bridgehead atoms. The van der Waals surface area contributed by atoms with Crippen LogP contribution >= 0.6 is 23.4 Å². The molecule has 0 spiro atoms. The first-order valence-electron chi connectivity index (χ1n) is 5.10. The molecular weight excluding hydrogens is 226 g/mol. The Morgan fingerprint density at radius 2 is 2.20 bits per heavy atom. The van der Waals surface area contributed by atoms with Crippen LogP contribution in [0.4, 0.5) is 0 Å². The summed E-state index contributed by atoms with van der Waals surface area (Å²) in [5, 5.41) is 9.61. The van der Waals surface area contributed by atoms with Crippen LogP contribution in [0.15, 0.2) is 23.1 Å². The Morgan fingerprint density at radius 3 is 2.87 bits per heavy atom. The van der Waals surface area contributed by atoms with Crippen LogP contribution in [0.2, 0.25) is 5.02 Å². The average molecular weight is 240 g/mol. The Hall–Kier alpha value is -0.650. The molecule has 0 heterocycles. The van der Waals surface area contributed by atoms with Crippen molar-refractivity contribution in [3.05, 3.63) is 28.8 Å². The monoisotopic (exact) mass is 239 g/mol. The molecule has 0 amide bonds. The van der Waals surface area contributed by atoms with E-state index in [1.807, 2.05) is 6.07 Å². The van der Waals surface area contributed by atoms with Crippen molar-refractivity contribution in [2.75, 3.05) is 5.75 Å². The lowest BCUT2D eigenvalue weighted by atomic mass is 10.2. The highest BCUT2D eigenvalue weighted by molar-refractivity contribution is 7.99. The first-order valence-corrected chi connectivity index (χ1v) is 6.46. The van der Waals surface area contributed by atoms with Gasteiger partial charge in [-0.15, -0.1) is 11.8 Å². The van der Waals surface area contributed by atoms with Gasteiger partial charge in [-0.2, -0.15) is 5.26 Å². The highest BCUT2D eigenvalue weighted by atomic mass is 35.5. The second-order valence-electron chi connectivity index (χ2n) is 3.31. The standard InChI is InChI=1S/C12H14ClNS/c1-2-3-4-7-15-12-8-11(13)6-5-10(12)9-14/h5-6,8H,2-4,7H2,1H3. The van der Waals surface area contributed by atoms with E-state index in [2.05, 4.69) is 13.0 Å². The summed E-state index contributed by atoms with van der Waals surface area (Å²) >= 11 is 7.61. The van der Waals surface area contributed by atoms with Crippen LogP contribution in [0.25, 0.3) is 0 Å². The zero-order valence-electron chi connectivity index (χ0n) is 8.79. The van der Waals surface area contributed by atoms with Crippen molar-refractivity contribution >= 4 is 23.4 Å². The third kappa shape index (κ3) is 4.15. The van der Waals surface area contributed by atoms with Crippen LogP contribution in [0.1, 0.15) is 31.7 Å². The topological polar surface area (TPSA) is 23.8 Å². The molecule has 3 heteroatoms. The normalized spacial score (nSPS) is 9.93. The summed E-state index contributed by atoms with van der Waals surface area (Å²) in [6.45, 7) is 2.19. The lowest BCUT2D eigenvalue weighted by Gasteiger charge is -2.03. The van der Waals surface area contributed by atoms with E-state index >= 15 is 0 Å². The van der Waals surface area contributed by atoms with Gasteiger partial charge in [0.15, 0.2) is 0 Å². The first-order chi connectivity index (χ1) is 7.27. The Balaban J connectivity index is 2.59. The van der Waals surface area contributed by atoms with Gasteiger partial charge >= 0.3 is 0 Å². The number of halogens is 1. The number of nitrogens with zero attached hydrogens (tertiary/aromatic N) is 1. The van der Waals surface area contributed by atoms with Gasteiger partial charge in [-0.1, -0.05) is 31.4 Å². The van der Waals surface area contributed by atoms with Crippen molar-refractivity contribution in [2.24, 2.45) is 0 Å². The average Bonchev–Trinajstić information content (AvgIpc) is 2.25. The number of rotatable bonds is 5. The van der Waals surface area contributed by atoms with E-state index < -0.39 is 0 Å². The molecule has 0 aliphatic heterocycles. The number of thioether (sulfide) groups is 1. The van der Waals surface area contributed by atoms with Gasteiger partial charge in [-0.25, -0.2) is 0 Å². The maximum Gasteiger partial charge on any atom is 0.100 e. The Morgan fingerprint density at radius 1 is 1.40 bits per heavy atom. The predicted octanol–water partition coefficient (Wildman–Crippen LogP) is 4.49. The number of benzene rings is 1. The van der Waals surface area contributed by atoms with E-state index in [0.717, 1.165) is 16.2 Å². The summed E-state index contributed by atoms with van der Waals surface area (Å²) in [5.41, 5.74) is 0.723. The Kier molecular flexibility index (Phi) is 5.60. The number of hydrogen-bond donors (Lipinski definition) is 0. The van der Waals surface area contributed by atoms with Crippen LogP contribution in [-0.4, -0.2) is 5.75 Å². The summed E-state index contributed by atoms with van der Waals surface area (Å²) in [6, 6.07) is 7.60. The van der Waals surface area contributed by atoms with Crippen molar-refractivity contribution in [1.82, 2.24) is 0 Å². The number of unbranched alkanes of at least 4 members (excludes halogenated alkanes) is 2. The van der Waals surface area contributed by atoms with Crippen molar-refractivity contribution in [3.8, 4) is 6.07 Å². The molecule has 1 rings (SSSR count). The molecule has 15 heavy (non-hydrogen) atoms. The van der Waals surface area contributed by atoms with Gasteiger partial charge in [0.25, 0.3) is 0 Å². The summed E-state index contributed by atoms with van der Waals surface area (Å²) in [4.78, 5) is 1.00. The molecule has 0 fully saturated rings. The molecule has 0 radical (unpaired) electrons. The van der Waals surface area contributed by atoms with Gasteiger partial charge in [0.2, 0.25) is 0 Å². The fourth-order valence-electron chi connectivity index (χ4n) is 1.24. The van der Waals surface area contributed by atoms with Crippen LogP contribution < -0.4 is 0 Å². The quantitative estimate of drug-likeness (QED) is 0.558. The summed E-state index contributed by atoms with van der Waals surface area (Å²) in [5.74, 6) is 1.06. The fourth-order valence-corrected chi connectivity index (χ4v) is 2.53. The fraction of sp³-hybridized carbons (Fsp3) is 0.417. The molecule has 0 aromatic heterocycles. The van der Waals surface area contributed by atoms with Crippen LogP contribution in [0, 0.1) is 11.3 Å². The molecule has 80 valence electrons. The smallest absolute Gasteiger partial charge is 0.100 e. The van der Waals surface area contributed by atoms with E-state index in [0.29, 0.717) is 5.02 Å². The van der Waals surface area contributed by atoms with Gasteiger partial charge < -0.3 is 0 Å². The van der Waals surface area contributed by atoms with E-state index in [1.54, 1.807) is 23.9 Å². The molecule has 1 aromatic rings.